The van der Waals surface area contributed by atoms with Gasteiger partial charge in [0.25, 0.3) is 0 Å². The summed E-state index contributed by atoms with van der Waals surface area (Å²) in [6, 6.07) is 7.64. The van der Waals surface area contributed by atoms with Crippen LogP contribution in [0.25, 0.3) is 0 Å². The molecule has 0 amide bonds. The number of aliphatic hydroxyl groups excluding tert-OH is 2. The molecule has 1 aliphatic heterocycles. The first kappa shape index (κ1) is 20.3. The van der Waals surface area contributed by atoms with Gasteiger partial charge in [-0.05, 0) is 42.2 Å². The first-order valence-corrected chi connectivity index (χ1v) is 9.18. The fourth-order valence-electron chi connectivity index (χ4n) is 3.24. The Bertz CT molecular complexity index is 852. The fraction of sp³-hybridized carbons (Fsp3) is 0.333. The van der Waals surface area contributed by atoms with Crippen LogP contribution in [0.4, 0.5) is 8.78 Å². The molecule has 5 N–H and O–H groups in total. The van der Waals surface area contributed by atoms with Crippen LogP contribution in [0.1, 0.15) is 29.7 Å². The molecule has 3 rings (SSSR count). The highest BCUT2D eigenvalue weighted by Gasteiger charge is 2.26. The van der Waals surface area contributed by atoms with Gasteiger partial charge in [-0.3, -0.25) is 0 Å². The Morgan fingerprint density at radius 2 is 1.86 bits per heavy atom. The van der Waals surface area contributed by atoms with Crippen LogP contribution in [0.5, 0.6) is 5.75 Å². The van der Waals surface area contributed by atoms with Gasteiger partial charge in [-0.25, -0.2) is 8.78 Å². The molecule has 1 heterocycles. The molecule has 0 aliphatic carbocycles. The van der Waals surface area contributed by atoms with Crippen molar-refractivity contribution in [1.29, 1.82) is 0 Å². The van der Waals surface area contributed by atoms with Gasteiger partial charge in [0, 0.05) is 24.2 Å². The van der Waals surface area contributed by atoms with E-state index < -0.39 is 29.8 Å². The summed E-state index contributed by atoms with van der Waals surface area (Å²) in [5, 5.41) is 23.7. The number of hydrogen-bond donors (Lipinski definition) is 4. The van der Waals surface area contributed by atoms with E-state index in [-0.39, 0.29) is 18.7 Å². The van der Waals surface area contributed by atoms with Crippen LogP contribution < -0.4 is 15.8 Å². The third-order valence-corrected chi connectivity index (χ3v) is 4.81. The van der Waals surface area contributed by atoms with Crippen LogP contribution in [-0.4, -0.2) is 28.9 Å². The van der Waals surface area contributed by atoms with Crippen LogP contribution >= 0.6 is 0 Å². The zero-order chi connectivity index (χ0) is 20.3. The van der Waals surface area contributed by atoms with Gasteiger partial charge in [0.1, 0.15) is 29.4 Å². The number of fused-ring (bicyclic) bond motifs is 1. The summed E-state index contributed by atoms with van der Waals surface area (Å²) in [7, 11) is 0. The minimum atomic E-state index is -0.986. The standard InChI is InChI=1S/C21H24F2N2O3/c1-2-12-3-4-20-16(7-12)21(19(27)11-28-20)25-10-18(26)17(24)8-13-5-14(22)9-15(23)6-13/h3-7,9,11,17-18,21,25-27H,2,8,10,24H2,1H3. The molecule has 0 saturated heterocycles. The summed E-state index contributed by atoms with van der Waals surface area (Å²) in [5.74, 6) is -0.749. The molecular weight excluding hydrogens is 366 g/mol. The number of hydrogen-bond acceptors (Lipinski definition) is 5. The number of halogens is 2. The maximum atomic E-state index is 13.3. The highest BCUT2D eigenvalue weighted by Crippen LogP contribution is 2.34. The zero-order valence-electron chi connectivity index (χ0n) is 15.5. The first-order valence-electron chi connectivity index (χ1n) is 9.18. The van der Waals surface area contributed by atoms with Gasteiger partial charge in [0.2, 0.25) is 0 Å². The third kappa shape index (κ3) is 4.67. The second-order valence-corrected chi connectivity index (χ2v) is 6.94. The van der Waals surface area contributed by atoms with Crippen LogP contribution in [0.15, 0.2) is 48.4 Å². The quantitative estimate of drug-likeness (QED) is 0.584. The molecule has 0 spiro atoms. The number of rotatable bonds is 7. The number of aliphatic hydroxyl groups is 2. The largest absolute Gasteiger partial charge is 0.507 e. The molecule has 3 unspecified atom stereocenters. The summed E-state index contributed by atoms with van der Waals surface area (Å²) in [6.07, 6.45) is 1.22. The summed E-state index contributed by atoms with van der Waals surface area (Å²) in [4.78, 5) is 0. The molecular formula is C21H24F2N2O3. The van der Waals surface area contributed by atoms with Crippen molar-refractivity contribution < 1.29 is 23.7 Å². The van der Waals surface area contributed by atoms with E-state index in [1.54, 1.807) is 0 Å². The number of aryl methyl sites for hydroxylation is 1. The Labute approximate surface area is 162 Å². The lowest BCUT2D eigenvalue weighted by Crippen LogP contribution is -2.44. The van der Waals surface area contributed by atoms with Crippen molar-refractivity contribution in [2.75, 3.05) is 6.54 Å². The van der Waals surface area contributed by atoms with E-state index in [2.05, 4.69) is 5.32 Å². The van der Waals surface area contributed by atoms with Gasteiger partial charge in [-0.15, -0.1) is 0 Å². The van der Waals surface area contributed by atoms with Crippen LogP contribution in [0.2, 0.25) is 0 Å². The Kier molecular flexibility index (Phi) is 6.28. The molecule has 2 aromatic rings. The van der Waals surface area contributed by atoms with E-state index in [1.165, 1.54) is 18.4 Å². The van der Waals surface area contributed by atoms with Crippen LogP contribution in [0, 0.1) is 11.6 Å². The topological polar surface area (TPSA) is 87.7 Å². The molecule has 0 radical (unpaired) electrons. The summed E-state index contributed by atoms with van der Waals surface area (Å²) >= 11 is 0. The molecule has 0 aromatic heterocycles. The molecule has 0 saturated carbocycles. The summed E-state index contributed by atoms with van der Waals surface area (Å²) in [5.41, 5.74) is 8.24. The maximum Gasteiger partial charge on any atom is 0.149 e. The van der Waals surface area contributed by atoms with Crippen molar-refractivity contribution in [3.63, 3.8) is 0 Å². The summed E-state index contributed by atoms with van der Waals surface area (Å²) in [6.45, 7) is 2.11. The van der Waals surface area contributed by atoms with Crippen molar-refractivity contribution in [2.45, 2.75) is 38.0 Å². The smallest absolute Gasteiger partial charge is 0.149 e. The Morgan fingerprint density at radius 1 is 1.14 bits per heavy atom. The fourth-order valence-corrected chi connectivity index (χ4v) is 3.24. The predicted octanol–water partition coefficient (Wildman–Crippen LogP) is 2.88. The number of nitrogens with one attached hydrogen (secondary N) is 1. The van der Waals surface area contributed by atoms with Gasteiger partial charge in [0.05, 0.1) is 12.1 Å². The lowest BCUT2D eigenvalue weighted by atomic mass is 9.97. The number of benzene rings is 2. The van der Waals surface area contributed by atoms with E-state index in [1.807, 2.05) is 25.1 Å². The van der Waals surface area contributed by atoms with Gasteiger partial charge in [-0.1, -0.05) is 19.1 Å². The minimum absolute atomic E-state index is 0.00581. The van der Waals surface area contributed by atoms with E-state index in [4.69, 9.17) is 10.5 Å². The Hall–Kier alpha value is -2.48. The van der Waals surface area contributed by atoms with Crippen molar-refractivity contribution >= 4 is 0 Å². The molecule has 2 aromatic carbocycles. The van der Waals surface area contributed by atoms with Crippen molar-refractivity contribution in [3.8, 4) is 5.75 Å². The zero-order valence-corrected chi connectivity index (χ0v) is 15.5. The normalized spacial score (nSPS) is 18.0. The lowest BCUT2D eigenvalue weighted by Gasteiger charge is -2.27. The average molecular weight is 390 g/mol. The SMILES string of the molecule is CCc1ccc2c(c1)C(NCC(O)C(N)Cc1cc(F)cc(F)c1)C(O)=CO2. The average Bonchev–Trinajstić information content (AvgIpc) is 2.65. The Morgan fingerprint density at radius 3 is 2.54 bits per heavy atom. The second kappa shape index (κ2) is 8.68. The van der Waals surface area contributed by atoms with E-state index >= 15 is 0 Å². The van der Waals surface area contributed by atoms with E-state index in [0.717, 1.165) is 23.6 Å². The second-order valence-electron chi connectivity index (χ2n) is 6.94. The van der Waals surface area contributed by atoms with Gasteiger partial charge < -0.3 is 26.0 Å². The van der Waals surface area contributed by atoms with Crippen molar-refractivity contribution in [2.24, 2.45) is 5.73 Å². The first-order chi connectivity index (χ1) is 13.4. The van der Waals surface area contributed by atoms with Crippen LogP contribution in [0.3, 0.4) is 0 Å². The molecule has 28 heavy (non-hydrogen) atoms. The van der Waals surface area contributed by atoms with Crippen LogP contribution in [-0.2, 0) is 12.8 Å². The molecule has 0 bridgehead atoms. The molecule has 5 nitrogen and oxygen atoms in total. The van der Waals surface area contributed by atoms with Gasteiger partial charge in [0.15, 0.2) is 0 Å². The highest BCUT2D eigenvalue weighted by atomic mass is 19.1. The molecule has 150 valence electrons. The molecule has 0 fully saturated rings. The van der Waals surface area contributed by atoms with Crippen molar-refractivity contribution in [3.05, 3.63) is 76.7 Å². The van der Waals surface area contributed by atoms with Gasteiger partial charge in [-0.2, -0.15) is 0 Å². The minimum Gasteiger partial charge on any atom is -0.507 e. The molecule has 1 aliphatic rings. The van der Waals surface area contributed by atoms with E-state index in [9.17, 15) is 19.0 Å². The molecule has 3 atom stereocenters. The van der Waals surface area contributed by atoms with E-state index in [0.29, 0.717) is 11.3 Å². The van der Waals surface area contributed by atoms with Crippen molar-refractivity contribution in [1.82, 2.24) is 5.32 Å². The third-order valence-electron chi connectivity index (χ3n) is 4.81. The molecule has 7 heteroatoms. The Balaban J connectivity index is 1.65. The predicted molar refractivity (Wildman–Crippen MR) is 102 cm³/mol. The number of ether oxygens (including phenoxy) is 1. The number of nitrogens with two attached hydrogens (primary N) is 1. The summed E-state index contributed by atoms with van der Waals surface area (Å²) < 4.78 is 32.0. The monoisotopic (exact) mass is 390 g/mol. The maximum absolute atomic E-state index is 13.3. The van der Waals surface area contributed by atoms with Gasteiger partial charge >= 0.3 is 0 Å². The lowest BCUT2D eigenvalue weighted by molar-refractivity contribution is 0.135. The highest BCUT2D eigenvalue weighted by molar-refractivity contribution is 5.44.